The predicted molar refractivity (Wildman–Crippen MR) is 43.9 cm³/mol. The van der Waals surface area contributed by atoms with Crippen molar-refractivity contribution in [2.45, 2.75) is 21.3 Å². The molecule has 0 fully saturated rings. The van der Waals surface area contributed by atoms with Gasteiger partial charge in [-0.15, -0.1) is 0 Å². The van der Waals surface area contributed by atoms with E-state index in [-0.39, 0.29) is 7.43 Å². The fraction of sp³-hybridized carbons (Fsp3) is 0.375. The van der Waals surface area contributed by atoms with Crippen LogP contribution in [0.25, 0.3) is 0 Å². The molecule has 0 bridgehead atoms. The fourth-order valence-corrected chi connectivity index (χ4v) is 0.275. The molecule has 64 valence electrons. The van der Waals surface area contributed by atoms with Gasteiger partial charge in [0.1, 0.15) is 0 Å². The first kappa shape index (κ1) is 12.4. The summed E-state index contributed by atoms with van der Waals surface area (Å²) in [4.78, 5) is 10.4. The van der Waals surface area contributed by atoms with Gasteiger partial charge in [-0.25, -0.2) is 4.79 Å². The van der Waals surface area contributed by atoms with Crippen LogP contribution in [0.1, 0.15) is 21.3 Å². The maximum atomic E-state index is 10.4. The zero-order chi connectivity index (χ0) is 7.82. The van der Waals surface area contributed by atoms with Gasteiger partial charge in [-0.1, -0.05) is 19.6 Å². The number of ether oxygens (including phenoxy) is 2. The van der Waals surface area contributed by atoms with Gasteiger partial charge in [-0.05, 0) is 13.8 Å². The summed E-state index contributed by atoms with van der Waals surface area (Å²) in [6.45, 7) is 3.48. The lowest BCUT2D eigenvalue weighted by atomic mass is 10.7. The summed E-state index contributed by atoms with van der Waals surface area (Å²) in [6, 6.07) is 0. The van der Waals surface area contributed by atoms with Crippen molar-refractivity contribution in [1.29, 1.82) is 0 Å². The van der Waals surface area contributed by atoms with Crippen LogP contribution >= 0.6 is 0 Å². The zero-order valence-electron chi connectivity index (χ0n) is 6.03. The van der Waals surface area contributed by atoms with Gasteiger partial charge in [-0.2, -0.15) is 0 Å². The molecule has 0 amide bonds. The van der Waals surface area contributed by atoms with Crippen LogP contribution in [0.3, 0.4) is 0 Å². The molecule has 0 aliphatic rings. The summed E-state index contributed by atoms with van der Waals surface area (Å²) in [5.74, 6) is 0. The van der Waals surface area contributed by atoms with Crippen molar-refractivity contribution in [3.05, 3.63) is 24.7 Å². The van der Waals surface area contributed by atoms with Crippen LogP contribution in [-0.2, 0) is 9.47 Å². The van der Waals surface area contributed by atoms with E-state index >= 15 is 0 Å². The van der Waals surface area contributed by atoms with E-state index in [9.17, 15) is 4.79 Å². The smallest absolute Gasteiger partial charge is 0.403 e. The second kappa shape index (κ2) is 8.75. The van der Waals surface area contributed by atoms with Crippen molar-refractivity contribution in [2.75, 3.05) is 0 Å². The van der Waals surface area contributed by atoms with E-state index in [1.165, 1.54) is 12.5 Å². The average molecular weight is 158 g/mol. The largest absolute Gasteiger partial charge is 0.518 e. The molecule has 3 heteroatoms. The van der Waals surface area contributed by atoms with Crippen molar-refractivity contribution >= 4 is 6.16 Å². The van der Waals surface area contributed by atoms with Crippen molar-refractivity contribution < 1.29 is 14.3 Å². The SMILES string of the molecule is C.CC=COC(=O)OC=CC. The van der Waals surface area contributed by atoms with Gasteiger partial charge in [-0.3, -0.25) is 0 Å². The van der Waals surface area contributed by atoms with Crippen LogP contribution in [-0.4, -0.2) is 6.16 Å². The number of allylic oxidation sites excluding steroid dienone is 2. The first-order valence-electron chi connectivity index (χ1n) is 2.91. The Morgan fingerprint density at radius 3 is 1.73 bits per heavy atom. The molecule has 0 aromatic heterocycles. The minimum absolute atomic E-state index is 0. The van der Waals surface area contributed by atoms with Crippen LogP contribution in [0.15, 0.2) is 24.7 Å². The Bertz CT molecular complexity index is 131. The molecule has 0 aromatic carbocycles. The molecule has 11 heavy (non-hydrogen) atoms. The van der Waals surface area contributed by atoms with Gasteiger partial charge in [0.25, 0.3) is 0 Å². The first-order chi connectivity index (χ1) is 4.81. The standard InChI is InChI=1S/C7H10O3.CH4/c1-3-5-9-7(8)10-6-4-2;/h3-6H,1-2H3;1H4. The third-order valence-corrected chi connectivity index (χ3v) is 0.601. The van der Waals surface area contributed by atoms with Crippen LogP contribution in [0, 0.1) is 0 Å². The van der Waals surface area contributed by atoms with E-state index in [0.29, 0.717) is 0 Å². The average Bonchev–Trinajstić information content (AvgIpc) is 1.97. The molecule has 3 nitrogen and oxygen atoms in total. The van der Waals surface area contributed by atoms with E-state index in [4.69, 9.17) is 0 Å². The lowest BCUT2D eigenvalue weighted by Crippen LogP contribution is -1.97. The Morgan fingerprint density at radius 2 is 1.45 bits per heavy atom. The Hall–Kier alpha value is -1.25. The van der Waals surface area contributed by atoms with E-state index in [0.717, 1.165) is 0 Å². The number of hydrogen-bond donors (Lipinski definition) is 0. The summed E-state index contributed by atoms with van der Waals surface area (Å²) in [7, 11) is 0. The number of rotatable bonds is 2. The highest BCUT2D eigenvalue weighted by atomic mass is 16.7. The fourth-order valence-electron chi connectivity index (χ4n) is 0.275. The van der Waals surface area contributed by atoms with Gasteiger partial charge in [0, 0.05) is 0 Å². The van der Waals surface area contributed by atoms with E-state index in [1.54, 1.807) is 26.0 Å². The highest BCUT2D eigenvalue weighted by molar-refractivity contribution is 5.61. The third kappa shape index (κ3) is 8.75. The molecule has 0 aliphatic heterocycles. The molecule has 0 N–H and O–H groups in total. The van der Waals surface area contributed by atoms with E-state index in [1.807, 2.05) is 0 Å². The zero-order valence-corrected chi connectivity index (χ0v) is 6.03. The summed E-state index contributed by atoms with van der Waals surface area (Å²) < 4.78 is 8.80. The summed E-state index contributed by atoms with van der Waals surface area (Å²) in [5, 5.41) is 0. The molecule has 0 radical (unpaired) electrons. The minimum atomic E-state index is -0.726. The molecule has 0 atom stereocenters. The van der Waals surface area contributed by atoms with Crippen molar-refractivity contribution in [1.82, 2.24) is 0 Å². The first-order valence-corrected chi connectivity index (χ1v) is 2.91. The predicted octanol–water partition coefficient (Wildman–Crippen LogP) is 2.84. The number of hydrogen-bond acceptors (Lipinski definition) is 3. The van der Waals surface area contributed by atoms with Crippen LogP contribution in [0.4, 0.5) is 4.79 Å². The second-order valence-corrected chi connectivity index (χ2v) is 1.42. The lowest BCUT2D eigenvalue weighted by molar-refractivity contribution is 0.119. The topological polar surface area (TPSA) is 35.5 Å². The Kier molecular flexibility index (Phi) is 9.89. The molecule has 0 saturated heterocycles. The van der Waals surface area contributed by atoms with Crippen LogP contribution in [0.5, 0.6) is 0 Å². The van der Waals surface area contributed by atoms with Crippen LogP contribution < -0.4 is 0 Å². The van der Waals surface area contributed by atoms with E-state index < -0.39 is 6.16 Å². The van der Waals surface area contributed by atoms with Gasteiger partial charge in [0.05, 0.1) is 12.5 Å². The molecule has 0 heterocycles. The molecule has 0 unspecified atom stereocenters. The molecule has 0 spiro atoms. The Labute approximate surface area is 67.3 Å². The molecular formula is C8H14O3. The lowest BCUT2D eigenvalue weighted by Gasteiger charge is -1.93. The molecular weight excluding hydrogens is 144 g/mol. The van der Waals surface area contributed by atoms with Gasteiger partial charge < -0.3 is 9.47 Å². The van der Waals surface area contributed by atoms with Gasteiger partial charge in [0.15, 0.2) is 0 Å². The third-order valence-electron chi connectivity index (χ3n) is 0.601. The second-order valence-electron chi connectivity index (χ2n) is 1.42. The molecule has 0 aliphatic carbocycles. The Balaban J connectivity index is 0. The monoisotopic (exact) mass is 158 g/mol. The summed E-state index contributed by atoms with van der Waals surface area (Å²) in [6.07, 6.45) is 4.97. The van der Waals surface area contributed by atoms with Gasteiger partial charge >= 0.3 is 6.16 Å². The van der Waals surface area contributed by atoms with E-state index in [2.05, 4.69) is 9.47 Å². The summed E-state index contributed by atoms with van der Waals surface area (Å²) >= 11 is 0. The quantitative estimate of drug-likeness (QED) is 0.458. The number of carbonyl (C=O) groups is 1. The van der Waals surface area contributed by atoms with Crippen LogP contribution in [0.2, 0.25) is 0 Å². The van der Waals surface area contributed by atoms with Crippen molar-refractivity contribution in [2.24, 2.45) is 0 Å². The molecule has 0 saturated carbocycles. The maximum Gasteiger partial charge on any atom is 0.518 e. The highest BCUT2D eigenvalue weighted by Crippen LogP contribution is 1.86. The Morgan fingerprint density at radius 1 is 1.09 bits per heavy atom. The normalized spacial score (nSPS) is 9.64. The minimum Gasteiger partial charge on any atom is -0.403 e. The highest BCUT2D eigenvalue weighted by Gasteiger charge is 1.94. The van der Waals surface area contributed by atoms with Gasteiger partial charge in [0.2, 0.25) is 0 Å². The van der Waals surface area contributed by atoms with Crippen molar-refractivity contribution in [3.63, 3.8) is 0 Å². The molecule has 0 aromatic rings. The van der Waals surface area contributed by atoms with Crippen molar-refractivity contribution in [3.8, 4) is 0 Å². The maximum absolute atomic E-state index is 10.4. The summed E-state index contributed by atoms with van der Waals surface area (Å²) in [5.41, 5.74) is 0. The number of carbonyl (C=O) groups excluding carboxylic acids is 1. The molecule has 0 rings (SSSR count).